The van der Waals surface area contributed by atoms with E-state index in [1.807, 2.05) is 0 Å². The van der Waals surface area contributed by atoms with Crippen molar-refractivity contribution in [2.45, 2.75) is 13.3 Å². The van der Waals surface area contributed by atoms with Gasteiger partial charge in [-0.2, -0.15) is 5.26 Å². The second-order valence-electron chi connectivity index (χ2n) is 2.43. The number of nitrogens with zero attached hydrogens (tertiary/aromatic N) is 2. The summed E-state index contributed by atoms with van der Waals surface area (Å²) in [4.78, 5) is 3.85. The Kier molecular flexibility index (Phi) is 2.94. The molecule has 0 aromatic carbocycles. The van der Waals surface area contributed by atoms with Gasteiger partial charge in [-0.25, -0.2) is 13.8 Å². The average Bonchev–Trinajstić information content (AvgIpc) is 2.02. The zero-order chi connectivity index (χ0) is 10.0. The number of rotatable bonds is 1. The van der Waals surface area contributed by atoms with Gasteiger partial charge in [0.15, 0.2) is 0 Å². The summed E-state index contributed by atoms with van der Waals surface area (Å²) in [7, 11) is 0. The Balaban J connectivity index is 3.41. The molecule has 0 unspecified atom stereocenters. The normalized spacial score (nSPS) is 10.2. The van der Waals surface area contributed by atoms with Crippen molar-refractivity contribution < 1.29 is 8.78 Å². The number of nitriles is 1. The summed E-state index contributed by atoms with van der Waals surface area (Å²) in [5, 5.41) is 8.59. The monoisotopic (exact) mass is 246 g/mol. The van der Waals surface area contributed by atoms with E-state index in [4.69, 9.17) is 5.26 Å². The van der Waals surface area contributed by atoms with Crippen LogP contribution in [0.3, 0.4) is 0 Å². The number of hydrogen-bond acceptors (Lipinski definition) is 2. The molecule has 0 aliphatic heterocycles. The third-order valence-electron chi connectivity index (χ3n) is 1.48. The van der Waals surface area contributed by atoms with Crippen molar-refractivity contribution in [3.8, 4) is 6.07 Å². The van der Waals surface area contributed by atoms with E-state index in [0.29, 0.717) is 5.69 Å². The molecule has 0 aliphatic rings. The molecule has 1 heterocycles. The van der Waals surface area contributed by atoms with Crippen LogP contribution in [0.15, 0.2) is 10.7 Å². The first-order valence-corrected chi connectivity index (χ1v) is 4.21. The lowest BCUT2D eigenvalue weighted by molar-refractivity contribution is 0.150. The second kappa shape index (κ2) is 3.79. The van der Waals surface area contributed by atoms with Crippen LogP contribution in [0.4, 0.5) is 8.78 Å². The van der Waals surface area contributed by atoms with Gasteiger partial charge in [-0.15, -0.1) is 0 Å². The van der Waals surface area contributed by atoms with Gasteiger partial charge in [0.1, 0.15) is 10.7 Å². The third-order valence-corrected chi connectivity index (χ3v) is 2.05. The summed E-state index contributed by atoms with van der Waals surface area (Å²) in [5.41, 5.74) is 0.0867. The van der Waals surface area contributed by atoms with Crippen LogP contribution in [0.5, 0.6) is 0 Å². The van der Waals surface area contributed by atoms with Crippen LogP contribution in [0.25, 0.3) is 0 Å². The topological polar surface area (TPSA) is 36.7 Å². The first-order chi connectivity index (χ1) is 6.06. The summed E-state index contributed by atoms with van der Waals surface area (Å²) in [6.07, 6.45) is -2.65. The van der Waals surface area contributed by atoms with Crippen LogP contribution in [0.1, 0.15) is 23.2 Å². The van der Waals surface area contributed by atoms with Crippen molar-refractivity contribution in [3.05, 3.63) is 27.5 Å². The van der Waals surface area contributed by atoms with E-state index in [0.717, 1.165) is 0 Å². The smallest absolute Gasteiger partial charge is 0.245 e. The van der Waals surface area contributed by atoms with Crippen molar-refractivity contribution in [3.63, 3.8) is 0 Å². The van der Waals surface area contributed by atoms with Gasteiger partial charge in [0.2, 0.25) is 0 Å². The standard InChI is InChI=1S/C8H5BrF2N2/c1-4-2-5(8(10)11)6(3-12)7(9)13-4/h2,8H,1H3. The quantitative estimate of drug-likeness (QED) is 0.715. The minimum Gasteiger partial charge on any atom is -0.245 e. The summed E-state index contributed by atoms with van der Waals surface area (Å²) >= 11 is 2.96. The Morgan fingerprint density at radius 3 is 2.69 bits per heavy atom. The lowest BCUT2D eigenvalue weighted by Gasteiger charge is -2.04. The number of alkyl halides is 2. The molecular weight excluding hydrogens is 242 g/mol. The molecule has 0 amide bonds. The number of aromatic nitrogens is 1. The van der Waals surface area contributed by atoms with Gasteiger partial charge in [-0.3, -0.25) is 0 Å². The van der Waals surface area contributed by atoms with Gasteiger partial charge >= 0.3 is 0 Å². The van der Waals surface area contributed by atoms with E-state index in [9.17, 15) is 8.78 Å². The number of aryl methyl sites for hydroxylation is 1. The van der Waals surface area contributed by atoms with Crippen molar-refractivity contribution in [2.24, 2.45) is 0 Å². The second-order valence-corrected chi connectivity index (χ2v) is 3.18. The lowest BCUT2D eigenvalue weighted by atomic mass is 10.1. The molecular formula is C8H5BrF2N2. The fourth-order valence-electron chi connectivity index (χ4n) is 0.942. The van der Waals surface area contributed by atoms with Gasteiger partial charge in [0, 0.05) is 11.3 Å². The highest BCUT2D eigenvalue weighted by molar-refractivity contribution is 9.10. The molecule has 2 nitrogen and oxygen atoms in total. The molecule has 0 bridgehead atoms. The molecule has 1 aromatic rings. The molecule has 1 aromatic heterocycles. The SMILES string of the molecule is Cc1cc(C(F)F)c(C#N)c(Br)n1. The number of halogens is 3. The molecule has 0 N–H and O–H groups in total. The zero-order valence-corrected chi connectivity index (χ0v) is 8.27. The Hall–Kier alpha value is -1.02. The molecule has 0 saturated carbocycles. The van der Waals surface area contributed by atoms with E-state index in [2.05, 4.69) is 20.9 Å². The van der Waals surface area contributed by atoms with Crippen molar-refractivity contribution in [1.29, 1.82) is 5.26 Å². The average molecular weight is 247 g/mol. The summed E-state index contributed by atoms with van der Waals surface area (Å²) in [6, 6.07) is 2.90. The molecule has 5 heteroatoms. The van der Waals surface area contributed by atoms with Crippen LogP contribution < -0.4 is 0 Å². The van der Waals surface area contributed by atoms with Crippen molar-refractivity contribution in [2.75, 3.05) is 0 Å². The van der Waals surface area contributed by atoms with Gasteiger partial charge in [-0.05, 0) is 28.9 Å². The van der Waals surface area contributed by atoms with Crippen LogP contribution in [0, 0.1) is 18.3 Å². The fourth-order valence-corrected chi connectivity index (χ4v) is 1.54. The van der Waals surface area contributed by atoms with E-state index >= 15 is 0 Å². The summed E-state index contributed by atoms with van der Waals surface area (Å²) in [6.45, 7) is 1.60. The van der Waals surface area contributed by atoms with Crippen LogP contribution in [0.2, 0.25) is 0 Å². The number of hydrogen-bond donors (Lipinski definition) is 0. The summed E-state index contributed by atoms with van der Waals surface area (Å²) in [5.74, 6) is 0. The lowest BCUT2D eigenvalue weighted by Crippen LogP contribution is -1.96. The minimum absolute atomic E-state index is 0.0967. The van der Waals surface area contributed by atoms with Crippen molar-refractivity contribution >= 4 is 15.9 Å². The molecule has 0 spiro atoms. The first-order valence-electron chi connectivity index (χ1n) is 3.41. The van der Waals surface area contributed by atoms with E-state index < -0.39 is 6.43 Å². The van der Waals surface area contributed by atoms with Crippen LogP contribution in [-0.2, 0) is 0 Å². The Labute approximate surface area is 82.3 Å². The highest BCUT2D eigenvalue weighted by atomic mass is 79.9. The maximum Gasteiger partial charge on any atom is 0.265 e. The molecule has 68 valence electrons. The maximum absolute atomic E-state index is 12.4. The third kappa shape index (κ3) is 2.01. The fraction of sp³-hybridized carbons (Fsp3) is 0.250. The molecule has 0 aliphatic carbocycles. The predicted molar refractivity (Wildman–Crippen MR) is 46.3 cm³/mol. The van der Waals surface area contributed by atoms with Gasteiger partial charge < -0.3 is 0 Å². The van der Waals surface area contributed by atoms with Crippen LogP contribution in [-0.4, -0.2) is 4.98 Å². The van der Waals surface area contributed by atoms with Gasteiger partial charge in [0.25, 0.3) is 6.43 Å². The predicted octanol–water partition coefficient (Wildman–Crippen LogP) is 2.96. The van der Waals surface area contributed by atoms with E-state index in [-0.39, 0.29) is 15.7 Å². The van der Waals surface area contributed by atoms with Gasteiger partial charge in [0.05, 0.1) is 5.56 Å². The van der Waals surface area contributed by atoms with E-state index in [1.165, 1.54) is 6.07 Å². The number of pyridine rings is 1. The van der Waals surface area contributed by atoms with Crippen molar-refractivity contribution in [1.82, 2.24) is 4.98 Å². The highest BCUT2D eigenvalue weighted by Gasteiger charge is 2.16. The van der Waals surface area contributed by atoms with Crippen LogP contribution >= 0.6 is 15.9 Å². The van der Waals surface area contributed by atoms with E-state index in [1.54, 1.807) is 13.0 Å². The Morgan fingerprint density at radius 1 is 1.62 bits per heavy atom. The highest BCUT2D eigenvalue weighted by Crippen LogP contribution is 2.27. The molecule has 0 saturated heterocycles. The Morgan fingerprint density at radius 2 is 2.23 bits per heavy atom. The first kappa shape index (κ1) is 10.1. The minimum atomic E-state index is -2.65. The molecule has 0 atom stereocenters. The molecule has 0 radical (unpaired) electrons. The maximum atomic E-state index is 12.4. The van der Waals surface area contributed by atoms with Gasteiger partial charge in [-0.1, -0.05) is 0 Å². The molecule has 13 heavy (non-hydrogen) atoms. The molecule has 0 fully saturated rings. The Bertz CT molecular complexity index is 371. The largest absolute Gasteiger partial charge is 0.265 e. The zero-order valence-electron chi connectivity index (χ0n) is 6.68. The summed E-state index contributed by atoms with van der Waals surface area (Å²) < 4.78 is 24.9. The molecule has 1 rings (SSSR count).